The smallest absolute Gasteiger partial charge is 0.0206 e. The molecule has 7 heavy (non-hydrogen) atoms. The third kappa shape index (κ3) is 5.07. The van der Waals surface area contributed by atoms with Crippen molar-refractivity contribution in [2.24, 2.45) is 0 Å². The molecule has 0 nitrogen and oxygen atoms in total. The van der Waals surface area contributed by atoms with Gasteiger partial charge in [-0.2, -0.15) is 0 Å². The molecule has 2 heteroatoms. The maximum Gasteiger partial charge on any atom is 0.0206 e. The summed E-state index contributed by atoms with van der Waals surface area (Å²) in [4.78, 5) is 0. The lowest BCUT2D eigenvalue weighted by Crippen LogP contribution is -1.95. The van der Waals surface area contributed by atoms with Crippen LogP contribution < -0.4 is 0 Å². The second-order valence-corrected chi connectivity index (χ2v) is 3.95. The van der Waals surface area contributed by atoms with Crippen molar-refractivity contribution in [3.63, 3.8) is 0 Å². The predicted molar refractivity (Wildman–Crippen MR) is 46.5 cm³/mol. The van der Waals surface area contributed by atoms with Gasteiger partial charge < -0.3 is 0 Å². The average molecular weight is 277 g/mol. The van der Waals surface area contributed by atoms with Crippen LogP contribution in [0.15, 0.2) is 0 Å². The van der Waals surface area contributed by atoms with Gasteiger partial charge in [-0.1, -0.05) is 51.9 Å². The Morgan fingerprint density at radius 1 is 1.71 bits per heavy atom. The molecule has 0 bridgehead atoms. The van der Waals surface area contributed by atoms with Crippen molar-refractivity contribution in [1.29, 1.82) is 0 Å². The highest BCUT2D eigenvalue weighted by Crippen LogP contribution is 2.10. The number of hydrogen-bond donors (Lipinski definition) is 0. The standard InChI is InChI=1S/C5H10BrI/c1-2-3-5(7)4-6/h5H,2-4H2,1H3. The van der Waals surface area contributed by atoms with Gasteiger partial charge in [-0.05, 0) is 6.42 Å². The second kappa shape index (κ2) is 5.35. The summed E-state index contributed by atoms with van der Waals surface area (Å²) in [5.74, 6) is 0. The lowest BCUT2D eigenvalue weighted by molar-refractivity contribution is 0.816. The summed E-state index contributed by atoms with van der Waals surface area (Å²) in [7, 11) is 0. The van der Waals surface area contributed by atoms with E-state index in [2.05, 4.69) is 45.4 Å². The minimum absolute atomic E-state index is 0.836. The highest BCUT2D eigenvalue weighted by Gasteiger charge is 1.96. The molecule has 0 aliphatic carbocycles. The number of hydrogen-bond acceptors (Lipinski definition) is 0. The van der Waals surface area contributed by atoms with Crippen LogP contribution in [0.25, 0.3) is 0 Å². The maximum atomic E-state index is 3.41. The SMILES string of the molecule is CCCC(I)CBr. The molecular formula is C5H10BrI. The Kier molecular flexibility index (Phi) is 6.27. The first kappa shape index (κ1) is 8.21. The molecule has 0 N–H and O–H groups in total. The third-order valence-corrected chi connectivity index (χ3v) is 3.82. The molecule has 1 atom stereocenters. The van der Waals surface area contributed by atoms with Gasteiger partial charge in [0.1, 0.15) is 0 Å². The van der Waals surface area contributed by atoms with Crippen LogP contribution in [0, 0.1) is 0 Å². The van der Waals surface area contributed by atoms with Crippen molar-refractivity contribution >= 4 is 38.5 Å². The van der Waals surface area contributed by atoms with Gasteiger partial charge in [-0.25, -0.2) is 0 Å². The highest BCUT2D eigenvalue weighted by atomic mass is 127. The van der Waals surface area contributed by atoms with Crippen LogP contribution in [0.2, 0.25) is 0 Å². The molecule has 0 rings (SSSR count). The van der Waals surface area contributed by atoms with Crippen LogP contribution in [0.5, 0.6) is 0 Å². The van der Waals surface area contributed by atoms with Crippen LogP contribution in [0.4, 0.5) is 0 Å². The molecule has 0 saturated heterocycles. The monoisotopic (exact) mass is 276 g/mol. The summed E-state index contributed by atoms with van der Waals surface area (Å²) in [6.45, 7) is 2.22. The highest BCUT2D eigenvalue weighted by molar-refractivity contribution is 14.1. The largest absolute Gasteiger partial charge is 0.0917 e. The van der Waals surface area contributed by atoms with Gasteiger partial charge in [0, 0.05) is 9.25 Å². The van der Waals surface area contributed by atoms with Crippen molar-refractivity contribution in [1.82, 2.24) is 0 Å². The molecular weight excluding hydrogens is 267 g/mol. The first-order valence-electron chi connectivity index (χ1n) is 2.51. The molecule has 0 amide bonds. The first-order valence-corrected chi connectivity index (χ1v) is 4.88. The Balaban J connectivity index is 2.83. The zero-order chi connectivity index (χ0) is 5.70. The molecule has 0 aromatic rings. The van der Waals surface area contributed by atoms with E-state index in [1.807, 2.05) is 0 Å². The molecule has 0 aliphatic rings. The van der Waals surface area contributed by atoms with Gasteiger partial charge >= 0.3 is 0 Å². The molecule has 0 fully saturated rings. The molecule has 1 unspecified atom stereocenters. The second-order valence-electron chi connectivity index (χ2n) is 1.54. The third-order valence-electron chi connectivity index (χ3n) is 0.769. The molecule has 44 valence electrons. The number of halogens is 2. The fourth-order valence-electron chi connectivity index (χ4n) is 0.390. The Bertz CT molecular complexity index is 39.1. The minimum Gasteiger partial charge on any atom is -0.0917 e. The zero-order valence-corrected chi connectivity index (χ0v) is 8.20. The first-order chi connectivity index (χ1) is 3.31. The van der Waals surface area contributed by atoms with Crippen LogP contribution in [-0.4, -0.2) is 9.25 Å². The van der Waals surface area contributed by atoms with Gasteiger partial charge in [0.05, 0.1) is 0 Å². The Morgan fingerprint density at radius 2 is 2.29 bits per heavy atom. The average Bonchev–Trinajstić information content (AvgIpc) is 1.68. The zero-order valence-electron chi connectivity index (χ0n) is 4.45. The quantitative estimate of drug-likeness (QED) is 0.549. The van der Waals surface area contributed by atoms with Crippen LogP contribution in [-0.2, 0) is 0 Å². The lowest BCUT2D eigenvalue weighted by Gasteiger charge is -1.99. The topological polar surface area (TPSA) is 0 Å². The summed E-state index contributed by atoms with van der Waals surface area (Å²) in [6.07, 6.45) is 2.64. The van der Waals surface area contributed by atoms with Gasteiger partial charge in [0.15, 0.2) is 0 Å². The van der Waals surface area contributed by atoms with Crippen LogP contribution >= 0.6 is 38.5 Å². The molecule has 0 aromatic heterocycles. The normalized spacial score (nSPS) is 14.1. The van der Waals surface area contributed by atoms with Gasteiger partial charge in [-0.15, -0.1) is 0 Å². The summed E-state index contributed by atoms with van der Waals surface area (Å²) in [6, 6.07) is 0. The summed E-state index contributed by atoms with van der Waals surface area (Å²) in [5.41, 5.74) is 0. The minimum atomic E-state index is 0.836. The summed E-state index contributed by atoms with van der Waals surface area (Å²) < 4.78 is 0.836. The van der Waals surface area contributed by atoms with E-state index in [0.29, 0.717) is 0 Å². The number of alkyl halides is 2. The van der Waals surface area contributed by atoms with E-state index in [9.17, 15) is 0 Å². The van der Waals surface area contributed by atoms with Crippen molar-refractivity contribution in [2.75, 3.05) is 5.33 Å². The van der Waals surface area contributed by atoms with Gasteiger partial charge in [-0.3, -0.25) is 0 Å². The fourth-order valence-corrected chi connectivity index (χ4v) is 1.34. The van der Waals surface area contributed by atoms with Crippen molar-refractivity contribution < 1.29 is 0 Å². The number of rotatable bonds is 3. The fraction of sp³-hybridized carbons (Fsp3) is 1.00. The summed E-state index contributed by atoms with van der Waals surface area (Å²) in [5, 5.41) is 1.14. The van der Waals surface area contributed by atoms with E-state index in [1.165, 1.54) is 12.8 Å². The van der Waals surface area contributed by atoms with Gasteiger partial charge in [0.2, 0.25) is 0 Å². The summed E-state index contributed by atoms with van der Waals surface area (Å²) >= 11 is 5.87. The Labute approximate surface area is 67.3 Å². The van der Waals surface area contributed by atoms with E-state index >= 15 is 0 Å². The van der Waals surface area contributed by atoms with Crippen molar-refractivity contribution in [3.8, 4) is 0 Å². The van der Waals surface area contributed by atoms with Crippen molar-refractivity contribution in [2.45, 2.75) is 23.7 Å². The van der Waals surface area contributed by atoms with E-state index in [4.69, 9.17) is 0 Å². The molecule has 0 aromatic carbocycles. The van der Waals surface area contributed by atoms with E-state index in [1.54, 1.807) is 0 Å². The molecule has 0 saturated carbocycles. The Morgan fingerprint density at radius 3 is 2.43 bits per heavy atom. The van der Waals surface area contributed by atoms with Crippen molar-refractivity contribution in [3.05, 3.63) is 0 Å². The molecule has 0 radical (unpaired) electrons. The Hall–Kier alpha value is 1.21. The van der Waals surface area contributed by atoms with Gasteiger partial charge in [0.25, 0.3) is 0 Å². The molecule has 0 spiro atoms. The molecule has 0 heterocycles. The van der Waals surface area contributed by atoms with E-state index in [-0.39, 0.29) is 0 Å². The van der Waals surface area contributed by atoms with E-state index < -0.39 is 0 Å². The predicted octanol–water partition coefficient (Wildman–Crippen LogP) is 2.99. The van der Waals surface area contributed by atoms with Crippen LogP contribution in [0.3, 0.4) is 0 Å². The molecule has 0 aliphatic heterocycles. The van der Waals surface area contributed by atoms with Crippen LogP contribution in [0.1, 0.15) is 19.8 Å². The van der Waals surface area contributed by atoms with E-state index in [0.717, 1.165) is 9.25 Å². The maximum absolute atomic E-state index is 3.41. The lowest BCUT2D eigenvalue weighted by atomic mass is 10.3.